The molecule has 0 unspecified atom stereocenters. The van der Waals surface area contributed by atoms with Crippen LogP contribution >= 0.6 is 23.3 Å². The fourth-order valence-electron chi connectivity index (χ4n) is 2.45. The SMILES string of the molecule is CCCCOc1ccc(-c2ccc(-c3cc[c]([Pb][Br])s3)cc2)cc1. The van der Waals surface area contributed by atoms with Crippen molar-refractivity contribution < 1.29 is 4.74 Å². The Kier molecular flexibility index (Phi) is 6.92. The zero-order valence-corrected chi connectivity index (χ0v) is 19.9. The van der Waals surface area contributed by atoms with Gasteiger partial charge in [0.25, 0.3) is 0 Å². The van der Waals surface area contributed by atoms with E-state index in [4.69, 9.17) is 4.74 Å². The summed E-state index contributed by atoms with van der Waals surface area (Å²) in [6.45, 7) is 2.97. The van der Waals surface area contributed by atoms with Gasteiger partial charge in [-0.05, 0) is 6.42 Å². The zero-order chi connectivity index (χ0) is 16.8. The van der Waals surface area contributed by atoms with Crippen LogP contribution in [0.1, 0.15) is 19.8 Å². The van der Waals surface area contributed by atoms with Gasteiger partial charge in [0, 0.05) is 0 Å². The third-order valence-electron chi connectivity index (χ3n) is 3.82. The third kappa shape index (κ3) is 4.70. The summed E-state index contributed by atoms with van der Waals surface area (Å²) in [4.78, 5) is 1.36. The van der Waals surface area contributed by atoms with Crippen molar-refractivity contribution in [2.75, 3.05) is 6.61 Å². The molecule has 0 aliphatic heterocycles. The number of halogens is 1. The first kappa shape index (κ1) is 18.1. The molecule has 4 heteroatoms. The number of unbranched alkanes of at least 4 members (excludes halogenated alkanes) is 1. The summed E-state index contributed by atoms with van der Waals surface area (Å²) < 4.78 is 7.28. The van der Waals surface area contributed by atoms with Crippen molar-refractivity contribution in [2.45, 2.75) is 19.8 Å². The molecular formula is C20H19BrOPbS. The van der Waals surface area contributed by atoms with Gasteiger partial charge in [0.05, 0.1) is 6.61 Å². The van der Waals surface area contributed by atoms with E-state index in [1.54, 1.807) is 2.44 Å². The number of ether oxygens (including phenoxy) is 1. The van der Waals surface area contributed by atoms with E-state index >= 15 is 0 Å². The Hall–Kier alpha value is -0.658. The quantitative estimate of drug-likeness (QED) is 0.245. The van der Waals surface area contributed by atoms with E-state index in [0.717, 1.165) is 25.2 Å². The summed E-state index contributed by atoms with van der Waals surface area (Å²) in [7, 11) is 0. The molecule has 0 aliphatic rings. The summed E-state index contributed by atoms with van der Waals surface area (Å²) in [5.41, 5.74) is 3.78. The van der Waals surface area contributed by atoms with Gasteiger partial charge in [-0.1, -0.05) is 13.3 Å². The molecule has 0 atom stereocenters. The van der Waals surface area contributed by atoms with Crippen LogP contribution in [0.5, 0.6) is 5.75 Å². The molecule has 24 heavy (non-hydrogen) atoms. The molecule has 0 spiro atoms. The topological polar surface area (TPSA) is 9.23 Å². The molecule has 2 aromatic carbocycles. The number of hydrogen-bond acceptors (Lipinski definition) is 2. The van der Waals surface area contributed by atoms with Crippen LogP contribution in [-0.4, -0.2) is 28.4 Å². The van der Waals surface area contributed by atoms with Crippen LogP contribution in [0, 0.1) is 0 Å². The van der Waals surface area contributed by atoms with Gasteiger partial charge in [-0.25, -0.2) is 0 Å². The maximum absolute atomic E-state index is 5.73. The van der Waals surface area contributed by atoms with Crippen LogP contribution in [0.25, 0.3) is 21.6 Å². The number of rotatable bonds is 7. The monoisotopic (exact) mass is 594 g/mol. The minimum atomic E-state index is -0.697. The summed E-state index contributed by atoms with van der Waals surface area (Å²) in [6.07, 6.45) is 2.26. The van der Waals surface area contributed by atoms with Gasteiger partial charge >= 0.3 is 140 Å². The van der Waals surface area contributed by atoms with E-state index < -0.39 is 21.8 Å². The molecule has 0 aliphatic carbocycles. The molecule has 0 amide bonds. The second-order valence-electron chi connectivity index (χ2n) is 5.56. The molecule has 122 valence electrons. The van der Waals surface area contributed by atoms with Crippen molar-refractivity contribution in [3.63, 3.8) is 0 Å². The Morgan fingerprint density at radius 1 is 0.875 bits per heavy atom. The van der Waals surface area contributed by atoms with Gasteiger partial charge in [0.15, 0.2) is 0 Å². The average Bonchev–Trinajstić information content (AvgIpc) is 3.12. The number of benzene rings is 2. The summed E-state index contributed by atoms with van der Waals surface area (Å²) in [6, 6.07) is 21.8. The standard InChI is InChI=1S/C20H19OS.BrH.Pb/c1-2-3-14-21-19-12-10-17(11-13-19)16-6-8-18(9-7-16)20-5-4-15-22-20;;/h4-13H,2-3,14H2,1H3;1H;/q;;+1/p-1. The van der Waals surface area contributed by atoms with E-state index in [1.807, 2.05) is 11.3 Å². The molecule has 0 saturated heterocycles. The van der Waals surface area contributed by atoms with Gasteiger partial charge in [-0.2, -0.15) is 0 Å². The Morgan fingerprint density at radius 3 is 2.08 bits per heavy atom. The van der Waals surface area contributed by atoms with Crippen LogP contribution in [0.2, 0.25) is 0 Å². The van der Waals surface area contributed by atoms with Crippen LogP contribution in [-0.2, 0) is 0 Å². The molecule has 0 N–H and O–H groups in total. The molecule has 3 aromatic rings. The molecule has 1 nitrogen and oxygen atoms in total. The zero-order valence-electron chi connectivity index (χ0n) is 13.6. The summed E-state index contributed by atoms with van der Waals surface area (Å²) in [5.74, 6) is 0.954. The molecule has 1 aromatic heterocycles. The Balaban J connectivity index is 1.71. The van der Waals surface area contributed by atoms with Crippen molar-refractivity contribution in [3.8, 4) is 27.3 Å². The molecule has 0 bridgehead atoms. The second kappa shape index (κ2) is 9.15. The van der Waals surface area contributed by atoms with Crippen molar-refractivity contribution in [1.82, 2.24) is 0 Å². The third-order valence-corrected chi connectivity index (χ3v) is 14.3. The molecule has 2 radical (unpaired) electrons. The fraction of sp³-hybridized carbons (Fsp3) is 0.200. The Bertz CT molecular complexity index is 765. The van der Waals surface area contributed by atoms with Gasteiger partial charge in [0.1, 0.15) is 0 Å². The van der Waals surface area contributed by atoms with Gasteiger partial charge in [0.2, 0.25) is 0 Å². The molecule has 3 rings (SSSR count). The van der Waals surface area contributed by atoms with Crippen LogP contribution in [0.15, 0.2) is 60.7 Å². The van der Waals surface area contributed by atoms with Gasteiger partial charge in [-0.3, -0.25) is 0 Å². The molecular weight excluding hydrogens is 575 g/mol. The second-order valence-corrected chi connectivity index (χ2v) is 14.4. The van der Waals surface area contributed by atoms with Crippen LogP contribution in [0.3, 0.4) is 0 Å². The molecule has 1 heterocycles. The fourth-order valence-corrected chi connectivity index (χ4v) is 8.84. The van der Waals surface area contributed by atoms with Crippen molar-refractivity contribution in [1.29, 1.82) is 0 Å². The van der Waals surface area contributed by atoms with Gasteiger partial charge < -0.3 is 0 Å². The van der Waals surface area contributed by atoms with Crippen molar-refractivity contribution in [3.05, 3.63) is 60.7 Å². The molecule has 0 saturated carbocycles. The number of hydrogen-bond donors (Lipinski definition) is 0. The number of thiophene rings is 1. The summed E-state index contributed by atoms with van der Waals surface area (Å²) in [5, 5.41) is 0. The minimum absolute atomic E-state index is 0.697. The van der Waals surface area contributed by atoms with Crippen molar-refractivity contribution in [2.24, 2.45) is 0 Å². The predicted octanol–water partition coefficient (Wildman–Crippen LogP) is 5.90. The van der Waals surface area contributed by atoms with E-state index in [1.165, 1.54) is 21.6 Å². The first-order chi connectivity index (χ1) is 11.8. The predicted molar refractivity (Wildman–Crippen MR) is 110 cm³/mol. The van der Waals surface area contributed by atoms with Crippen molar-refractivity contribution >= 4 is 47.6 Å². The van der Waals surface area contributed by atoms with E-state index in [9.17, 15) is 0 Å². The van der Waals surface area contributed by atoms with Crippen LogP contribution in [0.4, 0.5) is 0 Å². The average molecular weight is 595 g/mol. The van der Waals surface area contributed by atoms with E-state index in [-0.39, 0.29) is 0 Å². The normalized spacial score (nSPS) is 10.8. The van der Waals surface area contributed by atoms with E-state index in [0.29, 0.717) is 0 Å². The molecule has 0 fully saturated rings. The van der Waals surface area contributed by atoms with E-state index in [2.05, 4.69) is 79.6 Å². The van der Waals surface area contributed by atoms with Gasteiger partial charge in [-0.15, -0.1) is 0 Å². The Labute approximate surface area is 165 Å². The Morgan fingerprint density at radius 2 is 1.50 bits per heavy atom. The first-order valence-electron chi connectivity index (χ1n) is 8.10. The maximum atomic E-state index is 5.73. The first-order valence-corrected chi connectivity index (χ1v) is 19.3. The summed E-state index contributed by atoms with van der Waals surface area (Å²) >= 11 is 4.93. The van der Waals surface area contributed by atoms with Crippen LogP contribution < -0.4 is 7.17 Å².